The molecule has 0 atom stereocenters. The highest BCUT2D eigenvalue weighted by Gasteiger charge is 2.39. The van der Waals surface area contributed by atoms with E-state index in [0.29, 0.717) is 43.9 Å². The SMILES string of the molecule is CC1CCC(N(C(=O)CN2CCC(O)(CN)CC2)C2CC2)CC1. The summed E-state index contributed by atoms with van der Waals surface area (Å²) in [6, 6.07) is 0.976. The topological polar surface area (TPSA) is 69.8 Å². The van der Waals surface area contributed by atoms with Crippen LogP contribution >= 0.6 is 0 Å². The first-order valence-corrected chi connectivity index (χ1v) is 9.47. The zero-order valence-electron chi connectivity index (χ0n) is 14.5. The van der Waals surface area contributed by atoms with Gasteiger partial charge >= 0.3 is 0 Å². The second-order valence-electron chi connectivity index (χ2n) is 8.15. The largest absolute Gasteiger partial charge is 0.388 e. The summed E-state index contributed by atoms with van der Waals surface area (Å²) in [6.07, 6.45) is 8.60. The molecule has 0 aromatic heterocycles. The molecule has 1 aliphatic heterocycles. The Morgan fingerprint density at radius 3 is 2.13 bits per heavy atom. The highest BCUT2D eigenvalue weighted by molar-refractivity contribution is 5.79. The fourth-order valence-corrected chi connectivity index (χ4v) is 4.18. The molecule has 0 aromatic carbocycles. The standard InChI is InChI=1S/C18H33N3O2/c1-14-2-4-15(5-3-14)21(16-6-7-16)17(22)12-20-10-8-18(23,13-19)9-11-20/h14-16,23H,2-13,19H2,1H3. The molecular formula is C18H33N3O2. The minimum atomic E-state index is -0.713. The minimum Gasteiger partial charge on any atom is -0.388 e. The fourth-order valence-electron chi connectivity index (χ4n) is 4.18. The van der Waals surface area contributed by atoms with Gasteiger partial charge < -0.3 is 15.7 Å². The summed E-state index contributed by atoms with van der Waals surface area (Å²) in [5.74, 6) is 1.13. The van der Waals surface area contributed by atoms with E-state index in [-0.39, 0.29) is 0 Å². The average molecular weight is 323 g/mol. The van der Waals surface area contributed by atoms with E-state index in [9.17, 15) is 9.90 Å². The van der Waals surface area contributed by atoms with E-state index in [1.54, 1.807) is 0 Å². The van der Waals surface area contributed by atoms with Crippen molar-refractivity contribution < 1.29 is 9.90 Å². The molecule has 0 aromatic rings. The second kappa shape index (κ2) is 7.08. The summed E-state index contributed by atoms with van der Waals surface area (Å²) < 4.78 is 0. The van der Waals surface area contributed by atoms with Gasteiger partial charge in [-0.3, -0.25) is 9.69 Å². The van der Waals surface area contributed by atoms with Gasteiger partial charge in [-0.2, -0.15) is 0 Å². The number of carbonyl (C=O) groups excluding carboxylic acids is 1. The van der Waals surface area contributed by atoms with Gasteiger partial charge in [0, 0.05) is 31.7 Å². The maximum Gasteiger partial charge on any atom is 0.237 e. The Labute approximate surface area is 140 Å². The molecule has 1 saturated heterocycles. The Balaban J connectivity index is 1.53. The predicted octanol–water partition coefficient (Wildman–Crippen LogP) is 1.34. The molecule has 1 heterocycles. The maximum absolute atomic E-state index is 12.9. The molecule has 3 fully saturated rings. The number of aliphatic hydroxyl groups is 1. The molecule has 2 saturated carbocycles. The van der Waals surface area contributed by atoms with Crippen LogP contribution in [-0.2, 0) is 4.79 Å². The van der Waals surface area contributed by atoms with Crippen LogP contribution in [0.4, 0.5) is 0 Å². The van der Waals surface area contributed by atoms with Crippen molar-refractivity contribution in [1.82, 2.24) is 9.80 Å². The summed E-state index contributed by atoms with van der Waals surface area (Å²) in [5, 5.41) is 10.2. The van der Waals surface area contributed by atoms with Gasteiger partial charge in [0.25, 0.3) is 0 Å². The van der Waals surface area contributed by atoms with Crippen LogP contribution in [0, 0.1) is 5.92 Å². The van der Waals surface area contributed by atoms with Crippen molar-refractivity contribution in [2.24, 2.45) is 11.7 Å². The van der Waals surface area contributed by atoms with E-state index in [2.05, 4.69) is 16.7 Å². The van der Waals surface area contributed by atoms with Crippen LogP contribution < -0.4 is 5.73 Å². The number of hydrogen-bond acceptors (Lipinski definition) is 4. The van der Waals surface area contributed by atoms with Gasteiger partial charge in [-0.25, -0.2) is 0 Å². The van der Waals surface area contributed by atoms with E-state index in [1.165, 1.54) is 38.5 Å². The van der Waals surface area contributed by atoms with Crippen LogP contribution in [-0.4, -0.2) is 64.7 Å². The Hall–Kier alpha value is -0.650. The van der Waals surface area contributed by atoms with Crippen molar-refractivity contribution in [2.75, 3.05) is 26.2 Å². The highest BCUT2D eigenvalue weighted by atomic mass is 16.3. The molecule has 5 nitrogen and oxygen atoms in total. The first-order chi connectivity index (χ1) is 11.0. The van der Waals surface area contributed by atoms with Crippen LogP contribution in [0.5, 0.6) is 0 Å². The van der Waals surface area contributed by atoms with Crippen LogP contribution in [0.2, 0.25) is 0 Å². The number of nitrogens with zero attached hydrogens (tertiary/aromatic N) is 2. The quantitative estimate of drug-likeness (QED) is 0.801. The van der Waals surface area contributed by atoms with Crippen molar-refractivity contribution in [3.63, 3.8) is 0 Å². The lowest BCUT2D eigenvalue weighted by molar-refractivity contribution is -0.137. The third-order valence-corrected chi connectivity index (χ3v) is 6.13. The smallest absolute Gasteiger partial charge is 0.237 e. The van der Waals surface area contributed by atoms with Gasteiger partial charge in [-0.15, -0.1) is 0 Å². The first kappa shape index (κ1) is 17.2. The molecular weight excluding hydrogens is 290 g/mol. The summed E-state index contributed by atoms with van der Waals surface area (Å²) in [5.41, 5.74) is 4.93. The van der Waals surface area contributed by atoms with E-state index >= 15 is 0 Å². The predicted molar refractivity (Wildman–Crippen MR) is 91.0 cm³/mol. The summed E-state index contributed by atoms with van der Waals surface area (Å²) in [7, 11) is 0. The van der Waals surface area contributed by atoms with Crippen molar-refractivity contribution in [1.29, 1.82) is 0 Å². The lowest BCUT2D eigenvalue weighted by Crippen LogP contribution is -2.53. The van der Waals surface area contributed by atoms with Crippen LogP contribution in [0.1, 0.15) is 58.3 Å². The normalized spacial score (nSPS) is 31.8. The number of likely N-dealkylation sites (tertiary alicyclic amines) is 1. The van der Waals surface area contributed by atoms with Crippen LogP contribution in [0.3, 0.4) is 0 Å². The summed E-state index contributed by atoms with van der Waals surface area (Å²) in [6.45, 7) is 4.72. The second-order valence-corrected chi connectivity index (χ2v) is 8.15. The van der Waals surface area contributed by atoms with Crippen molar-refractivity contribution in [2.45, 2.75) is 76.0 Å². The third-order valence-electron chi connectivity index (χ3n) is 6.13. The van der Waals surface area contributed by atoms with Gasteiger partial charge in [-0.1, -0.05) is 6.92 Å². The molecule has 3 N–H and O–H groups in total. The van der Waals surface area contributed by atoms with Crippen molar-refractivity contribution in [3.8, 4) is 0 Å². The minimum absolute atomic E-state index is 0.310. The molecule has 1 amide bonds. The molecule has 0 unspecified atom stereocenters. The zero-order valence-corrected chi connectivity index (χ0v) is 14.5. The zero-order chi connectivity index (χ0) is 16.4. The maximum atomic E-state index is 12.9. The number of carbonyl (C=O) groups is 1. The molecule has 5 heteroatoms. The average Bonchev–Trinajstić information content (AvgIpc) is 3.37. The Kier molecular flexibility index (Phi) is 5.29. The number of rotatable bonds is 5. The lowest BCUT2D eigenvalue weighted by atomic mass is 9.86. The van der Waals surface area contributed by atoms with Gasteiger partial charge in [0.15, 0.2) is 0 Å². The molecule has 3 aliphatic rings. The van der Waals surface area contributed by atoms with E-state index < -0.39 is 5.60 Å². The van der Waals surface area contributed by atoms with Crippen LogP contribution in [0.25, 0.3) is 0 Å². The Morgan fingerprint density at radius 2 is 1.65 bits per heavy atom. The van der Waals surface area contributed by atoms with Crippen molar-refractivity contribution >= 4 is 5.91 Å². The van der Waals surface area contributed by atoms with E-state index in [4.69, 9.17) is 5.73 Å². The molecule has 3 rings (SSSR count). The molecule has 0 spiro atoms. The highest BCUT2D eigenvalue weighted by Crippen LogP contribution is 2.35. The molecule has 0 radical (unpaired) electrons. The van der Waals surface area contributed by atoms with Crippen molar-refractivity contribution in [3.05, 3.63) is 0 Å². The molecule has 23 heavy (non-hydrogen) atoms. The third kappa shape index (κ3) is 4.25. The fraction of sp³-hybridized carbons (Fsp3) is 0.944. The van der Waals surface area contributed by atoms with Gasteiger partial charge in [0.1, 0.15) is 0 Å². The first-order valence-electron chi connectivity index (χ1n) is 9.47. The Bertz CT molecular complexity index is 408. The van der Waals surface area contributed by atoms with Crippen LogP contribution in [0.15, 0.2) is 0 Å². The summed E-state index contributed by atoms with van der Waals surface area (Å²) >= 11 is 0. The monoisotopic (exact) mass is 323 g/mol. The lowest BCUT2D eigenvalue weighted by Gasteiger charge is -2.40. The van der Waals surface area contributed by atoms with Gasteiger partial charge in [0.2, 0.25) is 5.91 Å². The van der Waals surface area contributed by atoms with Gasteiger partial charge in [-0.05, 0) is 57.3 Å². The van der Waals surface area contributed by atoms with Gasteiger partial charge in [0.05, 0.1) is 12.1 Å². The molecule has 0 bridgehead atoms. The molecule has 132 valence electrons. The number of amides is 1. The van der Waals surface area contributed by atoms with E-state index in [1.807, 2.05) is 0 Å². The molecule has 2 aliphatic carbocycles. The van der Waals surface area contributed by atoms with E-state index in [0.717, 1.165) is 19.0 Å². The number of hydrogen-bond donors (Lipinski definition) is 2. The Morgan fingerprint density at radius 1 is 1.13 bits per heavy atom. The number of piperidine rings is 1. The summed E-state index contributed by atoms with van der Waals surface area (Å²) in [4.78, 5) is 17.3. The number of nitrogens with two attached hydrogens (primary N) is 1.